The molecule has 0 saturated carbocycles. The highest BCUT2D eigenvalue weighted by Gasteiger charge is 2.16. The van der Waals surface area contributed by atoms with Crippen molar-refractivity contribution in [2.75, 3.05) is 24.5 Å². The van der Waals surface area contributed by atoms with E-state index in [4.69, 9.17) is 10.6 Å². The molecule has 0 bridgehead atoms. The fourth-order valence-electron chi connectivity index (χ4n) is 1.78. The lowest BCUT2D eigenvalue weighted by Crippen LogP contribution is -2.16. The van der Waals surface area contributed by atoms with Crippen LogP contribution in [0.2, 0.25) is 0 Å². The molecule has 19 heavy (non-hydrogen) atoms. The zero-order chi connectivity index (χ0) is 13.8. The molecular formula is C13H17N5O. The molecule has 2 rings (SSSR count). The minimum Gasteiger partial charge on any atom is -0.490 e. The van der Waals surface area contributed by atoms with E-state index in [9.17, 15) is 0 Å². The normalized spacial score (nSPS) is 10.1. The number of hydrogen-bond donors (Lipinski definition) is 2. The lowest BCUT2D eigenvalue weighted by Gasteiger charge is -2.21. The first-order valence-corrected chi connectivity index (χ1v) is 5.83. The largest absolute Gasteiger partial charge is 0.490 e. The first-order valence-electron chi connectivity index (χ1n) is 5.83. The van der Waals surface area contributed by atoms with Gasteiger partial charge in [0.15, 0.2) is 11.6 Å². The number of methoxy groups -OCH3 is 1. The fraction of sp³-hybridized carbons (Fsp3) is 0.231. The summed E-state index contributed by atoms with van der Waals surface area (Å²) < 4.78 is 5.32. The topological polar surface area (TPSA) is 76.3 Å². The van der Waals surface area contributed by atoms with Crippen molar-refractivity contribution in [3.63, 3.8) is 0 Å². The number of aromatic nitrogens is 2. The highest BCUT2D eigenvalue weighted by atomic mass is 16.5. The van der Waals surface area contributed by atoms with Gasteiger partial charge in [-0.05, 0) is 19.1 Å². The molecule has 0 aliphatic carbocycles. The molecule has 1 aromatic heterocycles. The van der Waals surface area contributed by atoms with Gasteiger partial charge in [0, 0.05) is 12.7 Å². The maximum atomic E-state index is 5.41. The number of hydrazine groups is 1. The zero-order valence-corrected chi connectivity index (χ0v) is 11.2. The Morgan fingerprint density at radius 2 is 1.89 bits per heavy atom. The van der Waals surface area contributed by atoms with E-state index in [2.05, 4.69) is 15.4 Å². The van der Waals surface area contributed by atoms with Crippen LogP contribution < -0.4 is 20.9 Å². The second kappa shape index (κ2) is 5.53. The Morgan fingerprint density at radius 1 is 1.21 bits per heavy atom. The predicted molar refractivity (Wildman–Crippen MR) is 75.6 cm³/mol. The van der Waals surface area contributed by atoms with Gasteiger partial charge in [-0.3, -0.25) is 0 Å². The summed E-state index contributed by atoms with van der Waals surface area (Å²) in [7, 11) is 3.47. The Balaban J connectivity index is 2.43. The number of nitrogens with one attached hydrogen (secondary N) is 1. The summed E-state index contributed by atoms with van der Waals surface area (Å²) in [5, 5.41) is 0. The molecule has 3 N–H and O–H groups in total. The maximum absolute atomic E-state index is 5.41. The molecule has 0 saturated heterocycles. The molecule has 0 spiro atoms. The van der Waals surface area contributed by atoms with Gasteiger partial charge in [0.2, 0.25) is 5.75 Å². The summed E-state index contributed by atoms with van der Waals surface area (Å²) in [4.78, 5) is 10.2. The Bertz CT molecular complexity index is 555. The van der Waals surface area contributed by atoms with E-state index in [0.29, 0.717) is 17.4 Å². The smallest absolute Gasteiger partial charge is 0.206 e. The molecule has 0 aliphatic heterocycles. The molecule has 0 unspecified atom stereocenters. The summed E-state index contributed by atoms with van der Waals surface area (Å²) in [6, 6.07) is 8.13. The third-order valence-electron chi connectivity index (χ3n) is 2.86. The van der Waals surface area contributed by atoms with Crippen LogP contribution in [-0.4, -0.2) is 24.1 Å². The number of anilines is 3. The van der Waals surface area contributed by atoms with E-state index in [1.54, 1.807) is 7.11 Å². The fourth-order valence-corrected chi connectivity index (χ4v) is 1.78. The Labute approximate surface area is 112 Å². The van der Waals surface area contributed by atoms with Crippen LogP contribution in [-0.2, 0) is 0 Å². The van der Waals surface area contributed by atoms with Crippen LogP contribution in [0.25, 0.3) is 0 Å². The van der Waals surface area contributed by atoms with E-state index >= 15 is 0 Å². The Morgan fingerprint density at radius 3 is 2.47 bits per heavy atom. The molecule has 1 aromatic carbocycles. The van der Waals surface area contributed by atoms with Crippen molar-refractivity contribution < 1.29 is 4.74 Å². The SMILES string of the molecule is COc1c(NN)ncnc1N(C)c1ccc(C)cc1. The zero-order valence-electron chi connectivity index (χ0n) is 11.2. The predicted octanol–water partition coefficient (Wildman–Crippen LogP) is 1.85. The first-order chi connectivity index (χ1) is 9.17. The van der Waals surface area contributed by atoms with Gasteiger partial charge in [-0.1, -0.05) is 17.7 Å². The third kappa shape index (κ3) is 2.58. The molecule has 0 amide bonds. The average molecular weight is 259 g/mol. The molecule has 6 heteroatoms. The Hall–Kier alpha value is -2.34. The number of nitrogens with zero attached hydrogens (tertiary/aromatic N) is 3. The van der Waals surface area contributed by atoms with E-state index < -0.39 is 0 Å². The van der Waals surface area contributed by atoms with Crippen LogP contribution in [0.15, 0.2) is 30.6 Å². The van der Waals surface area contributed by atoms with Crippen LogP contribution in [0.1, 0.15) is 5.56 Å². The van der Waals surface area contributed by atoms with Gasteiger partial charge in [-0.25, -0.2) is 15.8 Å². The van der Waals surface area contributed by atoms with E-state index in [-0.39, 0.29) is 0 Å². The molecule has 0 radical (unpaired) electrons. The molecule has 6 nitrogen and oxygen atoms in total. The number of hydrogen-bond acceptors (Lipinski definition) is 6. The molecule has 2 aromatic rings. The second-order valence-corrected chi connectivity index (χ2v) is 4.12. The van der Waals surface area contributed by atoms with Gasteiger partial charge in [0.05, 0.1) is 7.11 Å². The third-order valence-corrected chi connectivity index (χ3v) is 2.86. The van der Waals surface area contributed by atoms with Crippen molar-refractivity contribution in [2.24, 2.45) is 5.84 Å². The van der Waals surface area contributed by atoms with Crippen molar-refractivity contribution in [1.82, 2.24) is 9.97 Å². The van der Waals surface area contributed by atoms with Crippen molar-refractivity contribution in [1.29, 1.82) is 0 Å². The summed E-state index contributed by atoms with van der Waals surface area (Å²) in [5.41, 5.74) is 4.71. The maximum Gasteiger partial charge on any atom is 0.206 e. The second-order valence-electron chi connectivity index (χ2n) is 4.12. The van der Waals surface area contributed by atoms with Crippen LogP contribution in [0, 0.1) is 6.92 Å². The Kier molecular flexibility index (Phi) is 3.82. The summed E-state index contributed by atoms with van der Waals surface area (Å²) >= 11 is 0. The minimum absolute atomic E-state index is 0.450. The van der Waals surface area contributed by atoms with Crippen molar-refractivity contribution in [2.45, 2.75) is 6.92 Å². The monoisotopic (exact) mass is 259 g/mol. The number of benzene rings is 1. The number of ether oxygens (including phenoxy) is 1. The van der Waals surface area contributed by atoms with Gasteiger partial charge >= 0.3 is 0 Å². The van der Waals surface area contributed by atoms with Crippen molar-refractivity contribution in [3.05, 3.63) is 36.2 Å². The first kappa shape index (κ1) is 13.1. The minimum atomic E-state index is 0.450. The summed E-state index contributed by atoms with van der Waals surface area (Å²) in [6.07, 6.45) is 1.44. The lowest BCUT2D eigenvalue weighted by molar-refractivity contribution is 0.414. The van der Waals surface area contributed by atoms with Crippen molar-refractivity contribution >= 4 is 17.3 Å². The van der Waals surface area contributed by atoms with Gasteiger partial charge < -0.3 is 15.1 Å². The summed E-state index contributed by atoms with van der Waals surface area (Å²) in [5.74, 6) is 7.02. The number of rotatable bonds is 4. The standard InChI is InChI=1S/C13H17N5O/c1-9-4-6-10(7-5-9)18(2)13-11(19-3)12(17-14)15-8-16-13/h4-8H,14H2,1-3H3,(H,15,16,17). The average Bonchev–Trinajstić information content (AvgIpc) is 2.46. The van der Waals surface area contributed by atoms with Crippen LogP contribution in [0.4, 0.5) is 17.3 Å². The van der Waals surface area contributed by atoms with Crippen LogP contribution in [0.5, 0.6) is 5.75 Å². The van der Waals surface area contributed by atoms with E-state index in [1.165, 1.54) is 11.9 Å². The highest BCUT2D eigenvalue weighted by molar-refractivity contribution is 5.70. The lowest BCUT2D eigenvalue weighted by atomic mass is 10.2. The molecule has 0 fully saturated rings. The molecule has 1 heterocycles. The molecule has 0 atom stereocenters. The van der Waals surface area contributed by atoms with Crippen LogP contribution in [0.3, 0.4) is 0 Å². The number of nitrogen functional groups attached to an aromatic ring is 1. The molecule has 100 valence electrons. The van der Waals surface area contributed by atoms with Crippen LogP contribution >= 0.6 is 0 Å². The quantitative estimate of drug-likeness (QED) is 0.644. The van der Waals surface area contributed by atoms with Gasteiger partial charge in [0.25, 0.3) is 0 Å². The van der Waals surface area contributed by atoms with E-state index in [0.717, 1.165) is 5.69 Å². The van der Waals surface area contributed by atoms with Gasteiger partial charge in [-0.2, -0.15) is 0 Å². The molecular weight excluding hydrogens is 242 g/mol. The summed E-state index contributed by atoms with van der Waals surface area (Å²) in [6.45, 7) is 2.05. The van der Waals surface area contributed by atoms with Gasteiger partial charge in [0.1, 0.15) is 6.33 Å². The van der Waals surface area contributed by atoms with Gasteiger partial charge in [-0.15, -0.1) is 0 Å². The van der Waals surface area contributed by atoms with Crippen molar-refractivity contribution in [3.8, 4) is 5.75 Å². The molecule has 0 aliphatic rings. The highest BCUT2D eigenvalue weighted by Crippen LogP contribution is 2.34. The number of aryl methyl sites for hydroxylation is 1. The van der Waals surface area contributed by atoms with E-state index in [1.807, 2.05) is 43.1 Å². The number of nitrogens with two attached hydrogens (primary N) is 1.